The van der Waals surface area contributed by atoms with Crippen LogP contribution in [0.5, 0.6) is 5.75 Å². The summed E-state index contributed by atoms with van der Waals surface area (Å²) in [6.45, 7) is 2.06. The number of anilines is 1. The summed E-state index contributed by atoms with van der Waals surface area (Å²) in [5, 5.41) is 13.7. The van der Waals surface area contributed by atoms with Crippen molar-refractivity contribution in [3.63, 3.8) is 0 Å². The average Bonchev–Trinajstić information content (AvgIpc) is 2.73. The molecule has 0 aliphatic carbocycles. The van der Waals surface area contributed by atoms with Gasteiger partial charge in [-0.1, -0.05) is 48.5 Å². The van der Waals surface area contributed by atoms with E-state index in [0.29, 0.717) is 23.6 Å². The van der Waals surface area contributed by atoms with E-state index in [0.717, 1.165) is 11.1 Å². The Morgan fingerprint density at radius 2 is 1.83 bits per heavy atom. The number of nitro groups is 1. The zero-order valence-corrected chi connectivity index (χ0v) is 15.9. The number of carbonyl (C=O) groups excluding carboxylic acids is 1. The molecule has 6 nitrogen and oxygen atoms in total. The van der Waals surface area contributed by atoms with Gasteiger partial charge in [0.25, 0.3) is 5.69 Å². The van der Waals surface area contributed by atoms with E-state index >= 15 is 0 Å². The highest BCUT2D eigenvalue weighted by Crippen LogP contribution is 2.25. The third kappa shape index (κ3) is 5.52. The summed E-state index contributed by atoms with van der Waals surface area (Å²) >= 11 is 0. The van der Waals surface area contributed by atoms with E-state index in [-0.39, 0.29) is 11.6 Å². The zero-order valence-electron chi connectivity index (χ0n) is 15.9. The van der Waals surface area contributed by atoms with Gasteiger partial charge < -0.3 is 10.1 Å². The topological polar surface area (TPSA) is 81.5 Å². The van der Waals surface area contributed by atoms with Crippen molar-refractivity contribution >= 4 is 23.4 Å². The standard InChI is InChI=1S/C23H20N2O4/c1-17-21(11-6-12-22(17)25(27)28)24-23(26)14-13-18-9-5-10-20(15-18)29-16-19-7-3-2-4-8-19/h2-15H,16H2,1H3,(H,24,26)/b14-13+. The first-order valence-electron chi connectivity index (χ1n) is 9.03. The summed E-state index contributed by atoms with van der Waals surface area (Å²) in [5.41, 5.74) is 2.67. The fraction of sp³-hybridized carbons (Fsp3) is 0.0870. The maximum Gasteiger partial charge on any atom is 0.274 e. The molecule has 0 aliphatic rings. The minimum atomic E-state index is -0.470. The fourth-order valence-corrected chi connectivity index (χ4v) is 2.75. The zero-order chi connectivity index (χ0) is 20.6. The molecule has 146 valence electrons. The Kier molecular flexibility index (Phi) is 6.37. The predicted molar refractivity (Wildman–Crippen MR) is 113 cm³/mol. The van der Waals surface area contributed by atoms with Crippen LogP contribution in [0, 0.1) is 17.0 Å². The summed E-state index contributed by atoms with van der Waals surface area (Å²) in [6.07, 6.45) is 3.05. The van der Waals surface area contributed by atoms with E-state index in [1.807, 2.05) is 54.6 Å². The summed E-state index contributed by atoms with van der Waals surface area (Å²) in [6, 6.07) is 21.8. The van der Waals surface area contributed by atoms with Crippen molar-refractivity contribution in [2.24, 2.45) is 0 Å². The number of amides is 1. The largest absolute Gasteiger partial charge is 0.489 e. The molecule has 0 saturated carbocycles. The second-order valence-electron chi connectivity index (χ2n) is 6.38. The summed E-state index contributed by atoms with van der Waals surface area (Å²) in [7, 11) is 0. The van der Waals surface area contributed by atoms with E-state index in [4.69, 9.17) is 4.74 Å². The highest BCUT2D eigenvalue weighted by Gasteiger charge is 2.13. The van der Waals surface area contributed by atoms with Crippen LogP contribution in [0.4, 0.5) is 11.4 Å². The lowest BCUT2D eigenvalue weighted by molar-refractivity contribution is -0.385. The molecule has 3 aromatic rings. The number of nitro benzene ring substituents is 1. The van der Waals surface area contributed by atoms with Gasteiger partial charge in [-0.2, -0.15) is 0 Å². The minimum absolute atomic E-state index is 0.0324. The van der Waals surface area contributed by atoms with Crippen molar-refractivity contribution in [1.82, 2.24) is 0 Å². The molecule has 0 saturated heterocycles. The Bertz CT molecular complexity index is 1050. The van der Waals surface area contributed by atoms with Crippen molar-refractivity contribution in [3.05, 3.63) is 106 Å². The van der Waals surface area contributed by atoms with Crippen molar-refractivity contribution < 1.29 is 14.5 Å². The van der Waals surface area contributed by atoms with Gasteiger partial charge in [0.05, 0.1) is 16.2 Å². The van der Waals surface area contributed by atoms with Crippen molar-refractivity contribution in [2.45, 2.75) is 13.5 Å². The van der Waals surface area contributed by atoms with Gasteiger partial charge in [0.1, 0.15) is 12.4 Å². The van der Waals surface area contributed by atoms with Crippen LogP contribution in [0.1, 0.15) is 16.7 Å². The molecule has 0 radical (unpaired) electrons. The van der Waals surface area contributed by atoms with Crippen molar-refractivity contribution in [2.75, 3.05) is 5.32 Å². The van der Waals surface area contributed by atoms with Gasteiger partial charge >= 0.3 is 0 Å². The van der Waals surface area contributed by atoms with Gasteiger partial charge in [0, 0.05) is 12.1 Å². The smallest absolute Gasteiger partial charge is 0.274 e. The van der Waals surface area contributed by atoms with Crippen LogP contribution < -0.4 is 10.1 Å². The molecule has 0 aliphatic heterocycles. The van der Waals surface area contributed by atoms with Gasteiger partial charge in [-0.15, -0.1) is 0 Å². The molecule has 29 heavy (non-hydrogen) atoms. The fourth-order valence-electron chi connectivity index (χ4n) is 2.75. The van der Waals surface area contributed by atoms with E-state index < -0.39 is 4.92 Å². The number of nitrogens with one attached hydrogen (secondary N) is 1. The molecule has 1 amide bonds. The summed E-state index contributed by atoms with van der Waals surface area (Å²) in [5.74, 6) is 0.329. The second-order valence-corrected chi connectivity index (χ2v) is 6.38. The highest BCUT2D eigenvalue weighted by molar-refractivity contribution is 6.02. The second kappa shape index (κ2) is 9.32. The summed E-state index contributed by atoms with van der Waals surface area (Å²) < 4.78 is 5.79. The molecule has 0 heterocycles. The van der Waals surface area contributed by atoms with Crippen LogP contribution in [-0.2, 0) is 11.4 Å². The lowest BCUT2D eigenvalue weighted by atomic mass is 10.1. The quantitative estimate of drug-likeness (QED) is 0.345. The minimum Gasteiger partial charge on any atom is -0.489 e. The Labute approximate surface area is 168 Å². The molecule has 0 bridgehead atoms. The third-order valence-corrected chi connectivity index (χ3v) is 4.29. The molecule has 0 unspecified atom stereocenters. The maximum absolute atomic E-state index is 12.2. The third-order valence-electron chi connectivity index (χ3n) is 4.29. The molecule has 6 heteroatoms. The van der Waals surface area contributed by atoms with Crippen LogP contribution in [0.2, 0.25) is 0 Å². The van der Waals surface area contributed by atoms with E-state index in [9.17, 15) is 14.9 Å². The number of nitrogens with zero attached hydrogens (tertiary/aromatic N) is 1. The van der Waals surface area contributed by atoms with E-state index in [1.165, 1.54) is 18.2 Å². The van der Waals surface area contributed by atoms with Crippen LogP contribution in [0.25, 0.3) is 6.08 Å². The first-order chi connectivity index (χ1) is 14.0. The van der Waals surface area contributed by atoms with Gasteiger partial charge in [-0.05, 0) is 42.3 Å². The van der Waals surface area contributed by atoms with Gasteiger partial charge in [0.2, 0.25) is 5.91 Å². The molecule has 1 N–H and O–H groups in total. The van der Waals surface area contributed by atoms with Gasteiger partial charge in [0.15, 0.2) is 0 Å². The lowest BCUT2D eigenvalue weighted by Crippen LogP contribution is -2.09. The maximum atomic E-state index is 12.2. The predicted octanol–water partition coefficient (Wildman–Crippen LogP) is 5.13. The van der Waals surface area contributed by atoms with Crippen LogP contribution in [0.3, 0.4) is 0 Å². The number of hydrogen-bond acceptors (Lipinski definition) is 4. The molecule has 0 atom stereocenters. The first kappa shape index (κ1) is 19.8. The van der Waals surface area contributed by atoms with E-state index in [2.05, 4.69) is 5.32 Å². The van der Waals surface area contributed by atoms with E-state index in [1.54, 1.807) is 19.1 Å². The Morgan fingerprint density at radius 1 is 1.07 bits per heavy atom. The number of carbonyl (C=O) groups is 1. The summed E-state index contributed by atoms with van der Waals surface area (Å²) in [4.78, 5) is 22.8. The SMILES string of the molecule is Cc1c(NC(=O)/C=C/c2cccc(OCc3ccccc3)c2)cccc1[N+](=O)[O-]. The molecule has 0 spiro atoms. The first-order valence-corrected chi connectivity index (χ1v) is 9.03. The molecule has 3 aromatic carbocycles. The number of hydrogen-bond donors (Lipinski definition) is 1. The van der Waals surface area contributed by atoms with Crippen LogP contribution >= 0.6 is 0 Å². The van der Waals surface area contributed by atoms with Crippen molar-refractivity contribution in [1.29, 1.82) is 0 Å². The monoisotopic (exact) mass is 388 g/mol. The lowest BCUT2D eigenvalue weighted by Gasteiger charge is -2.07. The number of rotatable bonds is 7. The normalized spacial score (nSPS) is 10.7. The Hall–Kier alpha value is -3.93. The Balaban J connectivity index is 1.63. The van der Waals surface area contributed by atoms with Crippen LogP contribution in [0.15, 0.2) is 78.9 Å². The van der Waals surface area contributed by atoms with Crippen LogP contribution in [-0.4, -0.2) is 10.8 Å². The van der Waals surface area contributed by atoms with Gasteiger partial charge in [-0.25, -0.2) is 0 Å². The molecular formula is C23H20N2O4. The van der Waals surface area contributed by atoms with Gasteiger partial charge in [-0.3, -0.25) is 14.9 Å². The number of benzene rings is 3. The average molecular weight is 388 g/mol. The molecule has 0 aromatic heterocycles. The van der Waals surface area contributed by atoms with Crippen molar-refractivity contribution in [3.8, 4) is 5.75 Å². The number of ether oxygens (including phenoxy) is 1. The highest BCUT2D eigenvalue weighted by atomic mass is 16.6. The molecule has 3 rings (SSSR count). The molecule has 0 fully saturated rings. The molecular weight excluding hydrogens is 368 g/mol. The Morgan fingerprint density at radius 3 is 2.59 bits per heavy atom.